The number of aromatic nitrogens is 3. The molecule has 7 nitrogen and oxygen atoms in total. The Morgan fingerprint density at radius 2 is 1.93 bits per heavy atom. The molecule has 0 amide bonds. The van der Waals surface area contributed by atoms with E-state index in [1.807, 2.05) is 48.3 Å². The maximum absolute atomic E-state index is 12.2. The molecule has 0 aliphatic rings. The van der Waals surface area contributed by atoms with Crippen LogP contribution in [0.15, 0.2) is 70.1 Å². The van der Waals surface area contributed by atoms with Crippen LogP contribution < -0.4 is 5.56 Å². The zero-order valence-corrected chi connectivity index (χ0v) is 14.7. The molecule has 136 valence electrons. The number of hydrogen-bond acceptors (Lipinski definition) is 6. The lowest BCUT2D eigenvalue weighted by molar-refractivity contribution is 0.264. The van der Waals surface area contributed by atoms with Crippen molar-refractivity contribution in [2.24, 2.45) is 0 Å². The van der Waals surface area contributed by atoms with Gasteiger partial charge < -0.3 is 9.63 Å². The highest BCUT2D eigenvalue weighted by Crippen LogP contribution is 2.20. The Hall–Kier alpha value is -3.45. The number of nitrogens with zero attached hydrogens (tertiary/aromatic N) is 4. The lowest BCUT2D eigenvalue weighted by Gasteiger charge is -2.14. The fourth-order valence-electron chi connectivity index (χ4n) is 2.97. The van der Waals surface area contributed by atoms with E-state index in [0.29, 0.717) is 18.8 Å². The van der Waals surface area contributed by atoms with E-state index >= 15 is 0 Å². The molecule has 4 aromatic rings. The summed E-state index contributed by atoms with van der Waals surface area (Å²) >= 11 is 0. The Balaban J connectivity index is 1.51. The Labute approximate surface area is 155 Å². The lowest BCUT2D eigenvalue weighted by Crippen LogP contribution is -2.21. The summed E-state index contributed by atoms with van der Waals surface area (Å²) in [4.78, 5) is 18.6. The summed E-state index contributed by atoms with van der Waals surface area (Å²) in [6.07, 6.45) is 1.58. The lowest BCUT2D eigenvalue weighted by atomic mass is 10.1. The predicted molar refractivity (Wildman–Crippen MR) is 100 cm³/mol. The first-order valence-electron chi connectivity index (χ1n) is 8.50. The van der Waals surface area contributed by atoms with Crippen molar-refractivity contribution >= 4 is 5.65 Å². The van der Waals surface area contributed by atoms with E-state index in [9.17, 15) is 9.90 Å². The summed E-state index contributed by atoms with van der Waals surface area (Å²) in [5, 5.41) is 14.1. The first-order chi connectivity index (χ1) is 13.1. The van der Waals surface area contributed by atoms with Crippen molar-refractivity contribution in [2.45, 2.75) is 13.1 Å². The summed E-state index contributed by atoms with van der Waals surface area (Å²) < 4.78 is 6.74. The third kappa shape index (κ3) is 3.58. The van der Waals surface area contributed by atoms with E-state index in [1.165, 1.54) is 16.5 Å². The van der Waals surface area contributed by atoms with Gasteiger partial charge >= 0.3 is 0 Å². The molecular weight excluding hydrogens is 344 g/mol. The average molecular weight is 362 g/mol. The topological polar surface area (TPSA) is 83.9 Å². The molecule has 4 rings (SSSR count). The standard InChI is InChI=1S/C20H18N4O3/c1-23(13-16-11-17(22-27-16)14-6-3-2-4-7-14)12-15-10-19(26)24-9-5-8-18(25)20(24)21-15/h2-11,25H,12-13H2,1H3. The van der Waals surface area contributed by atoms with Gasteiger partial charge in [-0.25, -0.2) is 4.98 Å². The van der Waals surface area contributed by atoms with Crippen molar-refractivity contribution in [3.8, 4) is 17.0 Å². The second-order valence-corrected chi connectivity index (χ2v) is 6.39. The van der Waals surface area contributed by atoms with Gasteiger partial charge in [0.25, 0.3) is 5.56 Å². The van der Waals surface area contributed by atoms with Crippen LogP contribution in [0.1, 0.15) is 11.5 Å². The average Bonchev–Trinajstić information content (AvgIpc) is 3.12. The molecular formula is C20H18N4O3. The molecule has 1 aromatic carbocycles. The minimum absolute atomic E-state index is 0.0261. The number of rotatable bonds is 5. The van der Waals surface area contributed by atoms with Crippen LogP contribution >= 0.6 is 0 Å². The normalized spacial score (nSPS) is 11.3. The van der Waals surface area contributed by atoms with Gasteiger partial charge in [-0.15, -0.1) is 0 Å². The highest BCUT2D eigenvalue weighted by atomic mass is 16.5. The molecule has 0 aliphatic carbocycles. The smallest absolute Gasteiger partial charge is 0.258 e. The van der Waals surface area contributed by atoms with Crippen LogP contribution in [-0.2, 0) is 13.1 Å². The second kappa shape index (κ2) is 7.05. The molecule has 0 fully saturated rings. The molecule has 27 heavy (non-hydrogen) atoms. The number of benzene rings is 1. The SMILES string of the molecule is CN(Cc1cc(=O)n2cccc(O)c2n1)Cc1cc(-c2ccccc2)no1. The molecule has 3 heterocycles. The third-order valence-electron chi connectivity index (χ3n) is 4.21. The van der Waals surface area contributed by atoms with Gasteiger partial charge in [0.15, 0.2) is 17.2 Å². The van der Waals surface area contributed by atoms with Gasteiger partial charge in [0.05, 0.1) is 12.2 Å². The van der Waals surface area contributed by atoms with Crippen LogP contribution in [0.2, 0.25) is 0 Å². The summed E-state index contributed by atoms with van der Waals surface area (Å²) in [5.74, 6) is 0.693. The van der Waals surface area contributed by atoms with Crippen LogP contribution in [-0.4, -0.2) is 31.6 Å². The van der Waals surface area contributed by atoms with E-state index in [-0.39, 0.29) is 17.0 Å². The summed E-state index contributed by atoms with van der Waals surface area (Å²) in [6.45, 7) is 0.948. The van der Waals surface area contributed by atoms with Gasteiger partial charge in [0.2, 0.25) is 0 Å². The molecule has 0 aliphatic heterocycles. The van der Waals surface area contributed by atoms with Crippen molar-refractivity contribution < 1.29 is 9.63 Å². The van der Waals surface area contributed by atoms with Gasteiger partial charge in [0, 0.05) is 30.4 Å². The van der Waals surface area contributed by atoms with Crippen LogP contribution in [0.3, 0.4) is 0 Å². The summed E-state index contributed by atoms with van der Waals surface area (Å²) in [5.41, 5.74) is 2.37. The van der Waals surface area contributed by atoms with Crippen molar-refractivity contribution in [3.05, 3.63) is 82.6 Å². The quantitative estimate of drug-likeness (QED) is 0.588. The summed E-state index contributed by atoms with van der Waals surface area (Å²) in [7, 11) is 1.90. The van der Waals surface area contributed by atoms with Gasteiger partial charge in [-0.1, -0.05) is 35.5 Å². The number of hydrogen-bond donors (Lipinski definition) is 1. The molecule has 3 aromatic heterocycles. The van der Waals surface area contributed by atoms with E-state index in [2.05, 4.69) is 10.1 Å². The zero-order valence-electron chi connectivity index (χ0n) is 14.7. The van der Waals surface area contributed by atoms with Gasteiger partial charge in [-0.2, -0.15) is 0 Å². The van der Waals surface area contributed by atoms with E-state index in [4.69, 9.17) is 4.52 Å². The molecule has 0 atom stereocenters. The van der Waals surface area contributed by atoms with E-state index in [0.717, 1.165) is 17.0 Å². The van der Waals surface area contributed by atoms with Gasteiger partial charge in [-0.05, 0) is 19.2 Å². The molecule has 7 heteroatoms. The van der Waals surface area contributed by atoms with Gasteiger partial charge in [-0.3, -0.25) is 14.1 Å². The Morgan fingerprint density at radius 3 is 2.74 bits per heavy atom. The van der Waals surface area contributed by atoms with Crippen molar-refractivity contribution in [1.29, 1.82) is 0 Å². The Morgan fingerprint density at radius 1 is 1.11 bits per heavy atom. The highest BCUT2D eigenvalue weighted by Gasteiger charge is 2.12. The Kier molecular flexibility index (Phi) is 4.43. The number of aromatic hydroxyl groups is 1. The number of fused-ring (bicyclic) bond motifs is 1. The van der Waals surface area contributed by atoms with Crippen molar-refractivity contribution in [1.82, 2.24) is 19.4 Å². The maximum atomic E-state index is 12.2. The van der Waals surface area contributed by atoms with Crippen molar-refractivity contribution in [3.63, 3.8) is 0 Å². The maximum Gasteiger partial charge on any atom is 0.258 e. The molecule has 0 unspecified atom stereocenters. The minimum atomic E-state index is -0.231. The summed E-state index contributed by atoms with van der Waals surface area (Å²) in [6, 6.07) is 16.3. The van der Waals surface area contributed by atoms with Gasteiger partial charge in [0.1, 0.15) is 5.69 Å². The van der Waals surface area contributed by atoms with Crippen molar-refractivity contribution in [2.75, 3.05) is 7.05 Å². The zero-order chi connectivity index (χ0) is 18.8. The first kappa shape index (κ1) is 17.0. The Bertz CT molecular complexity index is 1130. The van der Waals surface area contributed by atoms with E-state index in [1.54, 1.807) is 12.3 Å². The fourth-order valence-corrected chi connectivity index (χ4v) is 2.97. The largest absolute Gasteiger partial charge is 0.504 e. The highest BCUT2D eigenvalue weighted by molar-refractivity contribution is 5.58. The molecule has 0 saturated heterocycles. The first-order valence-corrected chi connectivity index (χ1v) is 8.50. The van der Waals surface area contributed by atoms with Crippen LogP contribution in [0.5, 0.6) is 5.75 Å². The third-order valence-corrected chi connectivity index (χ3v) is 4.21. The molecule has 0 saturated carbocycles. The number of pyridine rings is 1. The van der Waals surface area contributed by atoms with Crippen LogP contribution in [0.4, 0.5) is 0 Å². The minimum Gasteiger partial charge on any atom is -0.504 e. The molecule has 0 spiro atoms. The molecule has 0 radical (unpaired) electrons. The van der Waals surface area contributed by atoms with E-state index < -0.39 is 0 Å². The molecule has 1 N–H and O–H groups in total. The van der Waals surface area contributed by atoms with Crippen LogP contribution in [0, 0.1) is 0 Å². The van der Waals surface area contributed by atoms with Crippen LogP contribution in [0.25, 0.3) is 16.9 Å². The monoisotopic (exact) mass is 362 g/mol. The molecule has 0 bridgehead atoms. The fraction of sp³-hybridized carbons (Fsp3) is 0.150. The second-order valence-electron chi connectivity index (χ2n) is 6.39. The predicted octanol–water partition coefficient (Wildman–Crippen LogP) is 2.69.